The Labute approximate surface area is 88.3 Å². The van der Waals surface area contributed by atoms with Crippen LogP contribution in [0.4, 0.5) is 0 Å². The molecule has 0 aliphatic heterocycles. The van der Waals surface area contributed by atoms with Crippen molar-refractivity contribution < 1.29 is 4.79 Å². The molecule has 3 nitrogen and oxygen atoms in total. The van der Waals surface area contributed by atoms with Gasteiger partial charge in [-0.2, -0.15) is 0 Å². The van der Waals surface area contributed by atoms with Gasteiger partial charge < -0.3 is 11.1 Å². The third-order valence-corrected chi connectivity index (χ3v) is 3.16. The van der Waals surface area contributed by atoms with Crippen LogP contribution in [0.15, 0.2) is 17.5 Å². The van der Waals surface area contributed by atoms with Crippen molar-refractivity contribution in [1.29, 1.82) is 0 Å². The summed E-state index contributed by atoms with van der Waals surface area (Å²) in [5, 5.41) is 4.84. The highest BCUT2D eigenvalue weighted by molar-refractivity contribution is 7.10. The zero-order chi connectivity index (χ0) is 10.6. The molecule has 1 aromatic heterocycles. The van der Waals surface area contributed by atoms with E-state index < -0.39 is 0 Å². The van der Waals surface area contributed by atoms with Crippen LogP contribution in [0.2, 0.25) is 0 Å². The first-order valence-corrected chi connectivity index (χ1v) is 5.57. The van der Waals surface area contributed by atoms with Crippen molar-refractivity contribution in [3.05, 3.63) is 22.4 Å². The van der Waals surface area contributed by atoms with Gasteiger partial charge in [0.05, 0.1) is 5.92 Å². The van der Waals surface area contributed by atoms with E-state index in [2.05, 4.69) is 5.32 Å². The van der Waals surface area contributed by atoms with E-state index in [1.807, 2.05) is 31.4 Å². The zero-order valence-electron chi connectivity index (χ0n) is 8.49. The van der Waals surface area contributed by atoms with Crippen LogP contribution in [-0.4, -0.2) is 18.5 Å². The molecule has 1 unspecified atom stereocenters. The first-order chi connectivity index (χ1) is 6.65. The van der Waals surface area contributed by atoms with Crippen LogP contribution >= 0.6 is 11.3 Å². The minimum absolute atomic E-state index is 0.0462. The van der Waals surface area contributed by atoms with Crippen LogP contribution < -0.4 is 11.1 Å². The van der Waals surface area contributed by atoms with E-state index in [-0.39, 0.29) is 17.9 Å². The lowest BCUT2D eigenvalue weighted by Crippen LogP contribution is -2.39. The zero-order valence-corrected chi connectivity index (χ0v) is 9.30. The molecule has 0 saturated heterocycles. The fourth-order valence-corrected chi connectivity index (χ4v) is 1.88. The summed E-state index contributed by atoms with van der Waals surface area (Å²) in [6.07, 6.45) is 0. The van der Waals surface area contributed by atoms with Gasteiger partial charge in [0.25, 0.3) is 0 Å². The molecule has 1 amide bonds. The van der Waals surface area contributed by atoms with Crippen LogP contribution in [0.5, 0.6) is 0 Å². The third-order valence-electron chi connectivity index (χ3n) is 2.11. The third kappa shape index (κ3) is 2.82. The Morgan fingerprint density at radius 2 is 2.36 bits per heavy atom. The molecule has 1 aromatic rings. The Morgan fingerprint density at radius 3 is 2.86 bits per heavy atom. The number of rotatable bonds is 4. The summed E-state index contributed by atoms with van der Waals surface area (Å²) in [6.45, 7) is 4.28. The van der Waals surface area contributed by atoms with Crippen LogP contribution in [0.25, 0.3) is 0 Å². The minimum Gasteiger partial charge on any atom is -0.352 e. The molecule has 0 radical (unpaired) electrons. The molecule has 1 heterocycles. The van der Waals surface area contributed by atoms with Gasteiger partial charge in [-0.05, 0) is 25.3 Å². The fourth-order valence-electron chi connectivity index (χ4n) is 1.09. The topological polar surface area (TPSA) is 55.1 Å². The van der Waals surface area contributed by atoms with Crippen LogP contribution in [0, 0.1) is 0 Å². The predicted octanol–water partition coefficient (Wildman–Crippen LogP) is 1.32. The summed E-state index contributed by atoms with van der Waals surface area (Å²) in [5.74, 6) is -0.0330. The maximum Gasteiger partial charge on any atom is 0.228 e. The standard InChI is InChI=1S/C10H16N2OS/c1-7(6-11)12-10(13)8(2)9-4-3-5-14-9/h3-5,7-8H,6,11H2,1-2H3,(H,12,13)/t7-,8?/m0/s1. The maximum atomic E-state index is 11.7. The van der Waals surface area contributed by atoms with Gasteiger partial charge in [-0.1, -0.05) is 6.07 Å². The average molecular weight is 212 g/mol. The van der Waals surface area contributed by atoms with E-state index >= 15 is 0 Å². The van der Waals surface area contributed by atoms with Gasteiger partial charge in [0.2, 0.25) is 5.91 Å². The number of hydrogen-bond donors (Lipinski definition) is 2. The van der Waals surface area contributed by atoms with Gasteiger partial charge in [-0.15, -0.1) is 11.3 Å². The Hall–Kier alpha value is -0.870. The van der Waals surface area contributed by atoms with E-state index in [1.54, 1.807) is 11.3 Å². The SMILES string of the molecule is CC(C(=O)N[C@@H](C)CN)c1cccs1. The molecule has 3 N–H and O–H groups in total. The molecule has 78 valence electrons. The first-order valence-electron chi connectivity index (χ1n) is 4.69. The Bertz CT molecular complexity index is 284. The van der Waals surface area contributed by atoms with Crippen molar-refractivity contribution in [2.24, 2.45) is 5.73 Å². The summed E-state index contributed by atoms with van der Waals surface area (Å²) in [7, 11) is 0. The Morgan fingerprint density at radius 1 is 1.64 bits per heavy atom. The van der Waals surface area contributed by atoms with Crippen molar-refractivity contribution in [1.82, 2.24) is 5.32 Å². The Balaban J connectivity index is 2.53. The normalized spacial score (nSPS) is 14.8. The summed E-state index contributed by atoms with van der Waals surface area (Å²) in [5.41, 5.74) is 5.43. The number of thiophene rings is 1. The molecular weight excluding hydrogens is 196 g/mol. The van der Waals surface area contributed by atoms with Gasteiger partial charge in [0.1, 0.15) is 0 Å². The largest absolute Gasteiger partial charge is 0.352 e. The van der Waals surface area contributed by atoms with Crippen molar-refractivity contribution >= 4 is 17.2 Å². The molecule has 0 saturated carbocycles. The molecule has 14 heavy (non-hydrogen) atoms. The molecule has 0 fully saturated rings. The summed E-state index contributed by atoms with van der Waals surface area (Å²) in [6, 6.07) is 3.97. The molecule has 0 aliphatic rings. The van der Waals surface area contributed by atoms with Gasteiger partial charge in [-0.3, -0.25) is 4.79 Å². The summed E-state index contributed by atoms with van der Waals surface area (Å²) >= 11 is 1.60. The van der Waals surface area contributed by atoms with Crippen molar-refractivity contribution in [3.63, 3.8) is 0 Å². The number of carbonyl (C=O) groups excluding carboxylic acids is 1. The Kier molecular flexibility index (Phi) is 4.10. The number of hydrogen-bond acceptors (Lipinski definition) is 3. The molecule has 0 aromatic carbocycles. The average Bonchev–Trinajstić information content (AvgIpc) is 2.69. The van der Waals surface area contributed by atoms with Gasteiger partial charge in [0, 0.05) is 17.5 Å². The monoisotopic (exact) mass is 212 g/mol. The molecule has 0 aliphatic carbocycles. The number of carbonyl (C=O) groups is 1. The first kappa shape index (κ1) is 11.2. The van der Waals surface area contributed by atoms with Crippen LogP contribution in [0.1, 0.15) is 24.6 Å². The number of nitrogens with one attached hydrogen (secondary N) is 1. The highest BCUT2D eigenvalue weighted by Crippen LogP contribution is 2.20. The molecule has 4 heteroatoms. The van der Waals surface area contributed by atoms with E-state index in [4.69, 9.17) is 5.73 Å². The smallest absolute Gasteiger partial charge is 0.228 e. The van der Waals surface area contributed by atoms with Crippen molar-refractivity contribution in [2.45, 2.75) is 25.8 Å². The minimum atomic E-state index is -0.0796. The lowest BCUT2D eigenvalue weighted by atomic mass is 10.1. The predicted molar refractivity (Wildman–Crippen MR) is 59.4 cm³/mol. The van der Waals surface area contributed by atoms with Crippen molar-refractivity contribution in [3.8, 4) is 0 Å². The number of amides is 1. The second-order valence-electron chi connectivity index (χ2n) is 3.38. The van der Waals surface area contributed by atoms with E-state index in [0.717, 1.165) is 4.88 Å². The van der Waals surface area contributed by atoms with E-state index in [9.17, 15) is 4.79 Å². The quantitative estimate of drug-likeness (QED) is 0.790. The molecule has 0 bridgehead atoms. The fraction of sp³-hybridized carbons (Fsp3) is 0.500. The van der Waals surface area contributed by atoms with Gasteiger partial charge in [-0.25, -0.2) is 0 Å². The van der Waals surface area contributed by atoms with Gasteiger partial charge in [0.15, 0.2) is 0 Å². The maximum absolute atomic E-state index is 11.7. The lowest BCUT2D eigenvalue weighted by Gasteiger charge is -2.14. The highest BCUT2D eigenvalue weighted by Gasteiger charge is 2.16. The molecular formula is C10H16N2OS. The molecule has 0 spiro atoms. The molecule has 1 rings (SSSR count). The second kappa shape index (κ2) is 5.12. The van der Waals surface area contributed by atoms with Gasteiger partial charge >= 0.3 is 0 Å². The van der Waals surface area contributed by atoms with Crippen LogP contribution in [0.3, 0.4) is 0 Å². The second-order valence-corrected chi connectivity index (χ2v) is 4.36. The van der Waals surface area contributed by atoms with E-state index in [0.29, 0.717) is 6.54 Å². The van der Waals surface area contributed by atoms with Crippen LogP contribution in [-0.2, 0) is 4.79 Å². The number of nitrogens with two attached hydrogens (primary N) is 1. The molecule has 2 atom stereocenters. The van der Waals surface area contributed by atoms with E-state index in [1.165, 1.54) is 0 Å². The summed E-state index contributed by atoms with van der Waals surface area (Å²) in [4.78, 5) is 12.7. The highest BCUT2D eigenvalue weighted by atomic mass is 32.1. The summed E-state index contributed by atoms with van der Waals surface area (Å²) < 4.78 is 0. The lowest BCUT2D eigenvalue weighted by molar-refractivity contribution is -0.122. The van der Waals surface area contributed by atoms with Crippen molar-refractivity contribution in [2.75, 3.05) is 6.54 Å².